The van der Waals surface area contributed by atoms with Gasteiger partial charge in [-0.2, -0.15) is 0 Å². The van der Waals surface area contributed by atoms with Crippen molar-refractivity contribution in [2.24, 2.45) is 0 Å². The fourth-order valence-corrected chi connectivity index (χ4v) is 1.57. The van der Waals surface area contributed by atoms with Gasteiger partial charge in [0.25, 0.3) is 0 Å². The molecule has 1 aromatic heterocycles. The summed E-state index contributed by atoms with van der Waals surface area (Å²) >= 11 is 11.4. The first-order valence-corrected chi connectivity index (χ1v) is 5.04. The standard InChI is InChI=1S/C9H6Cl2FN3/c10-4-9-14-13-5-15(9)8-3-6(11)1-2-7(8)12/h1-3,5H,4H2. The molecule has 0 N–H and O–H groups in total. The molecule has 0 radical (unpaired) electrons. The van der Waals surface area contributed by atoms with E-state index in [1.54, 1.807) is 0 Å². The summed E-state index contributed by atoms with van der Waals surface area (Å²) in [5.74, 6) is 0.231. The van der Waals surface area contributed by atoms with Crippen molar-refractivity contribution < 1.29 is 4.39 Å². The number of hydrogen-bond donors (Lipinski definition) is 0. The van der Waals surface area contributed by atoms with Gasteiger partial charge in [-0.15, -0.1) is 21.8 Å². The molecule has 0 atom stereocenters. The molecule has 6 heteroatoms. The molecule has 0 amide bonds. The van der Waals surface area contributed by atoms with Gasteiger partial charge in [0, 0.05) is 5.02 Å². The van der Waals surface area contributed by atoms with Crippen molar-refractivity contribution in [2.75, 3.05) is 0 Å². The molecule has 0 bridgehead atoms. The SMILES string of the molecule is Fc1ccc(Cl)cc1-n1cnnc1CCl. The van der Waals surface area contributed by atoms with Crippen molar-refractivity contribution in [2.45, 2.75) is 5.88 Å². The number of aromatic nitrogens is 3. The monoisotopic (exact) mass is 245 g/mol. The molecule has 2 rings (SSSR count). The van der Waals surface area contributed by atoms with Gasteiger partial charge in [0.2, 0.25) is 0 Å². The molecule has 2 aromatic rings. The van der Waals surface area contributed by atoms with E-state index in [2.05, 4.69) is 10.2 Å². The van der Waals surface area contributed by atoms with E-state index < -0.39 is 5.82 Å². The molecule has 0 spiro atoms. The molecule has 0 saturated carbocycles. The van der Waals surface area contributed by atoms with Gasteiger partial charge in [0.05, 0.1) is 11.6 Å². The molecule has 15 heavy (non-hydrogen) atoms. The average molecular weight is 246 g/mol. The first kappa shape index (κ1) is 10.4. The third kappa shape index (κ3) is 1.96. The fraction of sp³-hybridized carbons (Fsp3) is 0.111. The third-order valence-corrected chi connectivity index (χ3v) is 2.38. The minimum atomic E-state index is -0.398. The molecule has 0 aliphatic heterocycles. The predicted molar refractivity (Wildman–Crippen MR) is 55.9 cm³/mol. The molecule has 0 unspecified atom stereocenters. The number of hydrogen-bond acceptors (Lipinski definition) is 2. The van der Waals surface area contributed by atoms with Crippen LogP contribution in [0.2, 0.25) is 5.02 Å². The van der Waals surface area contributed by atoms with Gasteiger partial charge in [-0.3, -0.25) is 4.57 Å². The largest absolute Gasteiger partial charge is 0.282 e. The van der Waals surface area contributed by atoms with Gasteiger partial charge in [-0.05, 0) is 18.2 Å². The van der Waals surface area contributed by atoms with Crippen molar-refractivity contribution in [1.82, 2.24) is 14.8 Å². The van der Waals surface area contributed by atoms with E-state index in [4.69, 9.17) is 23.2 Å². The van der Waals surface area contributed by atoms with Crippen LogP contribution in [-0.2, 0) is 5.88 Å². The number of rotatable bonds is 2. The van der Waals surface area contributed by atoms with Crippen LogP contribution in [0.1, 0.15) is 5.82 Å². The minimum absolute atomic E-state index is 0.159. The zero-order valence-corrected chi connectivity index (χ0v) is 9.00. The number of nitrogens with zero attached hydrogens (tertiary/aromatic N) is 3. The van der Waals surface area contributed by atoms with Gasteiger partial charge < -0.3 is 0 Å². The number of benzene rings is 1. The lowest BCUT2D eigenvalue weighted by molar-refractivity contribution is 0.616. The second-order valence-electron chi connectivity index (χ2n) is 2.85. The maximum Gasteiger partial charge on any atom is 0.152 e. The van der Waals surface area contributed by atoms with Crippen LogP contribution >= 0.6 is 23.2 Å². The van der Waals surface area contributed by atoms with Crippen LogP contribution in [0.3, 0.4) is 0 Å². The lowest BCUT2D eigenvalue weighted by Gasteiger charge is -2.06. The van der Waals surface area contributed by atoms with Crippen LogP contribution < -0.4 is 0 Å². The van der Waals surface area contributed by atoms with Crippen LogP contribution in [0.15, 0.2) is 24.5 Å². The fourth-order valence-electron chi connectivity index (χ4n) is 1.22. The Labute approximate surface area is 95.5 Å². The van der Waals surface area contributed by atoms with E-state index in [9.17, 15) is 4.39 Å². The number of alkyl halides is 1. The highest BCUT2D eigenvalue weighted by molar-refractivity contribution is 6.30. The van der Waals surface area contributed by atoms with Crippen molar-refractivity contribution in [3.8, 4) is 5.69 Å². The normalized spacial score (nSPS) is 10.6. The molecule has 0 fully saturated rings. The Morgan fingerprint density at radius 2 is 2.20 bits per heavy atom. The number of halogens is 3. The van der Waals surface area contributed by atoms with E-state index >= 15 is 0 Å². The summed E-state index contributed by atoms with van der Waals surface area (Å²) in [5.41, 5.74) is 0.295. The minimum Gasteiger partial charge on any atom is -0.282 e. The van der Waals surface area contributed by atoms with Crippen LogP contribution in [0.25, 0.3) is 5.69 Å². The van der Waals surface area contributed by atoms with Gasteiger partial charge >= 0.3 is 0 Å². The van der Waals surface area contributed by atoms with Gasteiger partial charge in [0.1, 0.15) is 12.1 Å². The highest BCUT2D eigenvalue weighted by Crippen LogP contribution is 2.20. The van der Waals surface area contributed by atoms with Crippen LogP contribution in [0.4, 0.5) is 4.39 Å². The van der Waals surface area contributed by atoms with E-state index in [1.165, 1.54) is 29.1 Å². The Hall–Kier alpha value is -1.13. The second-order valence-corrected chi connectivity index (χ2v) is 3.55. The molecular weight excluding hydrogens is 240 g/mol. The first-order valence-electron chi connectivity index (χ1n) is 4.12. The van der Waals surface area contributed by atoms with Crippen LogP contribution in [0, 0.1) is 5.82 Å². The lowest BCUT2D eigenvalue weighted by atomic mass is 10.3. The van der Waals surface area contributed by atoms with Crippen molar-refractivity contribution in [3.05, 3.63) is 41.2 Å². The molecule has 0 aliphatic carbocycles. The summed E-state index contributed by atoms with van der Waals surface area (Å²) in [6, 6.07) is 4.26. The van der Waals surface area contributed by atoms with E-state index in [-0.39, 0.29) is 5.88 Å². The molecule has 0 aliphatic rings. The van der Waals surface area contributed by atoms with Crippen molar-refractivity contribution in [1.29, 1.82) is 0 Å². The topological polar surface area (TPSA) is 30.7 Å². The molecule has 78 valence electrons. The summed E-state index contributed by atoms with van der Waals surface area (Å²) in [6.07, 6.45) is 1.40. The summed E-state index contributed by atoms with van der Waals surface area (Å²) in [6.45, 7) is 0. The Morgan fingerprint density at radius 1 is 1.40 bits per heavy atom. The second kappa shape index (κ2) is 4.16. The highest BCUT2D eigenvalue weighted by atomic mass is 35.5. The zero-order chi connectivity index (χ0) is 10.8. The van der Waals surface area contributed by atoms with Crippen LogP contribution in [-0.4, -0.2) is 14.8 Å². The van der Waals surface area contributed by atoms with Crippen molar-refractivity contribution in [3.63, 3.8) is 0 Å². The molecule has 1 heterocycles. The summed E-state index contributed by atoms with van der Waals surface area (Å²) in [4.78, 5) is 0. The Morgan fingerprint density at radius 3 is 2.93 bits per heavy atom. The van der Waals surface area contributed by atoms with Gasteiger partial charge in [-0.1, -0.05) is 11.6 Å². The van der Waals surface area contributed by atoms with E-state index in [0.29, 0.717) is 16.5 Å². The maximum absolute atomic E-state index is 13.5. The van der Waals surface area contributed by atoms with Crippen LogP contribution in [0.5, 0.6) is 0 Å². The Balaban J connectivity index is 2.58. The third-order valence-electron chi connectivity index (χ3n) is 1.91. The molecular formula is C9H6Cl2FN3. The average Bonchev–Trinajstić information content (AvgIpc) is 2.69. The maximum atomic E-state index is 13.5. The summed E-state index contributed by atoms with van der Waals surface area (Å²) in [5, 5.41) is 7.86. The first-order chi connectivity index (χ1) is 7.22. The Kier molecular flexibility index (Phi) is 2.88. The van der Waals surface area contributed by atoms with Crippen molar-refractivity contribution >= 4 is 23.2 Å². The summed E-state index contributed by atoms with van der Waals surface area (Å²) < 4.78 is 14.9. The zero-order valence-electron chi connectivity index (χ0n) is 7.49. The molecule has 1 aromatic carbocycles. The quantitative estimate of drug-likeness (QED) is 0.763. The predicted octanol–water partition coefficient (Wildman–Crippen LogP) is 2.80. The Bertz CT molecular complexity index is 484. The van der Waals surface area contributed by atoms with Gasteiger partial charge in [0.15, 0.2) is 5.82 Å². The molecule has 3 nitrogen and oxygen atoms in total. The summed E-state index contributed by atoms with van der Waals surface area (Å²) in [7, 11) is 0. The van der Waals surface area contributed by atoms with E-state index in [0.717, 1.165) is 0 Å². The van der Waals surface area contributed by atoms with E-state index in [1.807, 2.05) is 0 Å². The lowest BCUT2D eigenvalue weighted by Crippen LogP contribution is -2.00. The van der Waals surface area contributed by atoms with Gasteiger partial charge in [-0.25, -0.2) is 4.39 Å². The molecule has 0 saturated heterocycles. The highest BCUT2D eigenvalue weighted by Gasteiger charge is 2.09. The smallest absolute Gasteiger partial charge is 0.152 e.